The molecule has 0 saturated carbocycles. The monoisotopic (exact) mass is 293 g/mol. The van der Waals surface area contributed by atoms with E-state index in [9.17, 15) is 0 Å². The summed E-state index contributed by atoms with van der Waals surface area (Å²) < 4.78 is 0. The summed E-state index contributed by atoms with van der Waals surface area (Å²) in [7, 11) is 1.85. The van der Waals surface area contributed by atoms with Gasteiger partial charge in [0, 0.05) is 52.4 Å². The largest absolute Gasteiger partial charge is 0.395 e. The van der Waals surface area contributed by atoms with Crippen LogP contribution in [0.15, 0.2) is 0 Å². The predicted molar refractivity (Wildman–Crippen MR) is 78.7 cm³/mol. The fraction of sp³-hybridized carbons (Fsp3) is 1.00. The first-order chi connectivity index (χ1) is 9.67. The van der Waals surface area contributed by atoms with Gasteiger partial charge in [0.25, 0.3) is 0 Å². The van der Waals surface area contributed by atoms with Crippen LogP contribution in [0.1, 0.15) is 0 Å². The van der Waals surface area contributed by atoms with E-state index in [1.165, 1.54) is 0 Å². The number of hydrogen-bond acceptors (Lipinski definition) is 7. The number of aliphatic hydroxyl groups excluding tert-OH is 4. The van der Waals surface area contributed by atoms with Crippen LogP contribution in [-0.2, 0) is 0 Å². The molecule has 0 aromatic rings. The molecule has 0 aromatic heterocycles. The fourth-order valence-electron chi connectivity index (χ4n) is 1.97. The maximum absolute atomic E-state index is 8.69. The van der Waals surface area contributed by atoms with E-state index >= 15 is 0 Å². The third-order valence-corrected chi connectivity index (χ3v) is 3.26. The first kappa shape index (κ1) is 19.7. The Morgan fingerprint density at radius 2 is 1.05 bits per heavy atom. The molecule has 0 aromatic carbocycles. The molecule has 0 radical (unpaired) electrons. The average Bonchev–Trinajstić information content (AvgIpc) is 2.43. The predicted octanol–water partition coefficient (Wildman–Crippen LogP) is -2.51. The molecule has 0 spiro atoms. The summed E-state index contributed by atoms with van der Waals surface area (Å²) in [6.45, 7) is 7.73. The first-order valence-electron chi connectivity index (χ1n) is 7.24. The van der Waals surface area contributed by atoms with Gasteiger partial charge >= 0.3 is 0 Å². The highest BCUT2D eigenvalue weighted by atomic mass is 16.3. The number of β-amino-alcohol motifs (C(OH)–C–C–N with tert-alkyl or cyclic N) is 2. The lowest BCUT2D eigenvalue weighted by atomic mass is 10.3. The highest BCUT2D eigenvalue weighted by molar-refractivity contribution is 4.70. The fourth-order valence-corrected chi connectivity index (χ4v) is 1.97. The standard InChI is InChI=1S/C8H18N2O2.C5H13NO2/c11-7-5-9-1-2-10(4-3-9)6-8-12;1-6(2-4-7)3-5-8/h11-12H,1-8H2;7-8H,2-5H2,1H3. The van der Waals surface area contributed by atoms with Gasteiger partial charge in [-0.2, -0.15) is 0 Å². The number of nitrogens with zero attached hydrogens (tertiary/aromatic N) is 3. The molecule has 1 rings (SSSR count). The van der Waals surface area contributed by atoms with Gasteiger partial charge in [-0.05, 0) is 7.05 Å². The van der Waals surface area contributed by atoms with Crippen molar-refractivity contribution in [2.75, 3.05) is 85.8 Å². The van der Waals surface area contributed by atoms with Gasteiger partial charge in [-0.1, -0.05) is 0 Å². The lowest BCUT2D eigenvalue weighted by molar-refractivity contribution is 0.0984. The third kappa shape index (κ3) is 10.5. The quantitative estimate of drug-likeness (QED) is 0.393. The normalized spacial score (nSPS) is 17.1. The maximum Gasteiger partial charge on any atom is 0.0558 e. The lowest BCUT2D eigenvalue weighted by Gasteiger charge is -2.33. The topological polar surface area (TPSA) is 90.6 Å². The second kappa shape index (κ2) is 13.7. The molecule has 1 aliphatic heterocycles. The minimum absolute atomic E-state index is 0.163. The van der Waals surface area contributed by atoms with E-state index in [4.69, 9.17) is 20.4 Å². The van der Waals surface area contributed by atoms with Gasteiger partial charge in [0.1, 0.15) is 0 Å². The zero-order chi connectivity index (χ0) is 15.2. The van der Waals surface area contributed by atoms with Crippen molar-refractivity contribution in [1.82, 2.24) is 14.7 Å². The van der Waals surface area contributed by atoms with E-state index < -0.39 is 0 Å². The Morgan fingerprint density at radius 3 is 1.30 bits per heavy atom. The molecule has 20 heavy (non-hydrogen) atoms. The van der Waals surface area contributed by atoms with Crippen LogP contribution in [0.5, 0.6) is 0 Å². The highest BCUT2D eigenvalue weighted by Crippen LogP contribution is 1.99. The minimum Gasteiger partial charge on any atom is -0.395 e. The Morgan fingerprint density at radius 1 is 0.700 bits per heavy atom. The Bertz CT molecular complexity index is 182. The Kier molecular flexibility index (Phi) is 13.5. The van der Waals surface area contributed by atoms with Crippen molar-refractivity contribution >= 4 is 0 Å². The summed E-state index contributed by atoms with van der Waals surface area (Å²) in [4.78, 5) is 6.35. The Balaban J connectivity index is 0.000000396. The van der Waals surface area contributed by atoms with E-state index in [-0.39, 0.29) is 26.4 Å². The molecular weight excluding hydrogens is 262 g/mol. The average molecular weight is 293 g/mol. The first-order valence-corrected chi connectivity index (χ1v) is 7.24. The summed E-state index contributed by atoms with van der Waals surface area (Å²) >= 11 is 0. The Labute approximate surface area is 122 Å². The van der Waals surface area contributed by atoms with Crippen LogP contribution in [0.3, 0.4) is 0 Å². The van der Waals surface area contributed by atoms with Crippen LogP contribution < -0.4 is 0 Å². The van der Waals surface area contributed by atoms with Crippen LogP contribution in [0.25, 0.3) is 0 Å². The van der Waals surface area contributed by atoms with Crippen molar-refractivity contribution in [3.05, 3.63) is 0 Å². The van der Waals surface area contributed by atoms with E-state index in [2.05, 4.69) is 9.80 Å². The minimum atomic E-state index is 0.163. The molecule has 7 heteroatoms. The molecular formula is C13H31N3O4. The maximum atomic E-state index is 8.69. The summed E-state index contributed by atoms with van der Waals surface area (Å²) in [5.74, 6) is 0. The van der Waals surface area contributed by atoms with Crippen LogP contribution in [0.2, 0.25) is 0 Å². The van der Waals surface area contributed by atoms with Crippen LogP contribution in [0.4, 0.5) is 0 Å². The summed E-state index contributed by atoms with van der Waals surface area (Å²) in [6, 6.07) is 0. The molecule has 1 aliphatic rings. The second-order valence-corrected chi connectivity index (χ2v) is 4.88. The number of rotatable bonds is 8. The molecule has 0 unspecified atom stereocenters. The molecule has 0 atom stereocenters. The summed E-state index contributed by atoms with van der Waals surface area (Å²) in [5, 5.41) is 34.1. The SMILES string of the molecule is CN(CCO)CCO.OCCN1CCN(CCO)CC1. The van der Waals surface area contributed by atoms with Gasteiger partial charge in [-0.3, -0.25) is 9.80 Å². The van der Waals surface area contributed by atoms with Gasteiger partial charge in [-0.25, -0.2) is 0 Å². The third-order valence-electron chi connectivity index (χ3n) is 3.26. The zero-order valence-electron chi connectivity index (χ0n) is 12.6. The zero-order valence-corrected chi connectivity index (χ0v) is 12.6. The summed E-state index contributed by atoms with van der Waals surface area (Å²) in [5.41, 5.74) is 0. The lowest BCUT2D eigenvalue weighted by Crippen LogP contribution is -2.47. The molecule has 1 saturated heterocycles. The van der Waals surface area contributed by atoms with Gasteiger partial charge in [-0.15, -0.1) is 0 Å². The van der Waals surface area contributed by atoms with Gasteiger partial charge in [0.05, 0.1) is 26.4 Å². The molecule has 1 heterocycles. The van der Waals surface area contributed by atoms with Gasteiger partial charge in [0.2, 0.25) is 0 Å². The molecule has 0 aliphatic carbocycles. The van der Waals surface area contributed by atoms with Crippen molar-refractivity contribution in [3.8, 4) is 0 Å². The number of hydrogen-bond donors (Lipinski definition) is 4. The highest BCUT2D eigenvalue weighted by Gasteiger charge is 2.14. The van der Waals surface area contributed by atoms with Crippen LogP contribution in [0, 0.1) is 0 Å². The van der Waals surface area contributed by atoms with Crippen molar-refractivity contribution < 1.29 is 20.4 Å². The van der Waals surface area contributed by atoms with Crippen molar-refractivity contribution in [1.29, 1.82) is 0 Å². The number of aliphatic hydroxyl groups is 4. The van der Waals surface area contributed by atoms with Crippen molar-refractivity contribution in [2.45, 2.75) is 0 Å². The number of likely N-dealkylation sites (N-methyl/N-ethyl adjacent to an activating group) is 1. The molecule has 4 N–H and O–H groups in total. The molecule has 7 nitrogen and oxygen atoms in total. The van der Waals surface area contributed by atoms with Crippen molar-refractivity contribution in [2.24, 2.45) is 0 Å². The van der Waals surface area contributed by atoms with Crippen LogP contribution >= 0.6 is 0 Å². The molecule has 0 bridgehead atoms. The van der Waals surface area contributed by atoms with E-state index in [1.807, 2.05) is 11.9 Å². The van der Waals surface area contributed by atoms with Gasteiger partial charge < -0.3 is 25.3 Å². The smallest absolute Gasteiger partial charge is 0.0558 e. The van der Waals surface area contributed by atoms with E-state index in [1.54, 1.807) is 0 Å². The Hall–Kier alpha value is -0.280. The molecule has 0 amide bonds. The summed E-state index contributed by atoms with van der Waals surface area (Å²) in [6.07, 6.45) is 0. The second-order valence-electron chi connectivity index (χ2n) is 4.88. The molecule has 122 valence electrons. The van der Waals surface area contributed by atoms with Crippen LogP contribution in [-0.4, -0.2) is 121 Å². The van der Waals surface area contributed by atoms with E-state index in [0.29, 0.717) is 13.1 Å². The van der Waals surface area contributed by atoms with Crippen molar-refractivity contribution in [3.63, 3.8) is 0 Å². The van der Waals surface area contributed by atoms with E-state index in [0.717, 1.165) is 39.3 Å². The molecule has 1 fully saturated rings. The van der Waals surface area contributed by atoms with Gasteiger partial charge in [0.15, 0.2) is 0 Å². The number of piperazine rings is 1.